The van der Waals surface area contributed by atoms with Crippen molar-refractivity contribution in [2.45, 2.75) is 12.8 Å². The third-order valence-electron chi connectivity index (χ3n) is 3.28. The molecule has 0 unspecified atom stereocenters. The van der Waals surface area contributed by atoms with E-state index in [-0.39, 0.29) is 11.7 Å². The van der Waals surface area contributed by atoms with E-state index >= 15 is 0 Å². The third-order valence-corrected chi connectivity index (χ3v) is 3.51. The van der Waals surface area contributed by atoms with Gasteiger partial charge >= 0.3 is 0 Å². The summed E-state index contributed by atoms with van der Waals surface area (Å²) in [6, 6.07) is 15.5. The molecule has 1 aliphatic carbocycles. The van der Waals surface area contributed by atoms with Crippen LogP contribution in [0.3, 0.4) is 0 Å². The summed E-state index contributed by atoms with van der Waals surface area (Å²) in [4.78, 5) is 11.9. The van der Waals surface area contributed by atoms with Gasteiger partial charge in [-0.15, -0.1) is 0 Å². The second-order valence-electron chi connectivity index (χ2n) is 4.73. The number of ketones is 1. The van der Waals surface area contributed by atoms with E-state index in [4.69, 9.17) is 11.6 Å². The average Bonchev–Trinajstić information content (AvgIpc) is 3.22. The molecule has 0 heterocycles. The van der Waals surface area contributed by atoms with Gasteiger partial charge in [0.15, 0.2) is 5.78 Å². The van der Waals surface area contributed by atoms with Crippen LogP contribution in [0.1, 0.15) is 23.2 Å². The molecule has 1 nitrogen and oxygen atoms in total. The summed E-state index contributed by atoms with van der Waals surface area (Å²) in [6.45, 7) is 0. The molecule has 2 heteroatoms. The molecular weight excluding hydrogens is 244 g/mol. The molecule has 2 aromatic carbocycles. The van der Waals surface area contributed by atoms with Crippen LogP contribution in [0.2, 0.25) is 5.02 Å². The molecule has 1 fully saturated rings. The lowest BCUT2D eigenvalue weighted by molar-refractivity contribution is 0.0967. The number of Topliss-reactive ketones (excluding diaryl/α,β-unsaturated/α-hetero) is 1. The normalized spacial score (nSPS) is 14.5. The Balaban J connectivity index is 1.88. The Morgan fingerprint density at radius 2 is 1.72 bits per heavy atom. The third kappa shape index (κ3) is 2.32. The Morgan fingerprint density at radius 1 is 1.00 bits per heavy atom. The molecule has 0 spiro atoms. The second kappa shape index (κ2) is 4.58. The van der Waals surface area contributed by atoms with E-state index in [1.165, 1.54) is 0 Å². The highest BCUT2D eigenvalue weighted by Crippen LogP contribution is 2.33. The highest BCUT2D eigenvalue weighted by Gasteiger charge is 2.30. The first-order valence-corrected chi connectivity index (χ1v) is 6.52. The summed E-state index contributed by atoms with van der Waals surface area (Å²) in [5, 5.41) is 0.727. The molecule has 0 amide bonds. The average molecular weight is 257 g/mol. The Bertz CT molecular complexity index is 582. The van der Waals surface area contributed by atoms with Gasteiger partial charge in [-0.25, -0.2) is 0 Å². The maximum absolute atomic E-state index is 11.9. The maximum atomic E-state index is 11.9. The molecule has 0 bridgehead atoms. The van der Waals surface area contributed by atoms with Crippen molar-refractivity contribution < 1.29 is 4.79 Å². The molecule has 0 radical (unpaired) electrons. The Labute approximate surface area is 111 Å². The van der Waals surface area contributed by atoms with Gasteiger partial charge in [-0.05, 0) is 36.1 Å². The van der Waals surface area contributed by atoms with Crippen molar-refractivity contribution in [3.8, 4) is 11.1 Å². The molecule has 0 aromatic heterocycles. The standard InChI is InChI=1S/C16H13ClO/c17-15-3-1-2-14(10-15)11-4-6-12(7-5-11)16(18)13-8-9-13/h1-7,10,13H,8-9H2. The zero-order valence-electron chi connectivity index (χ0n) is 9.90. The van der Waals surface area contributed by atoms with E-state index in [0.717, 1.165) is 34.6 Å². The second-order valence-corrected chi connectivity index (χ2v) is 5.16. The van der Waals surface area contributed by atoms with Crippen LogP contribution in [0.4, 0.5) is 0 Å². The van der Waals surface area contributed by atoms with Crippen molar-refractivity contribution in [3.05, 3.63) is 59.1 Å². The highest BCUT2D eigenvalue weighted by molar-refractivity contribution is 6.30. The van der Waals surface area contributed by atoms with E-state index < -0.39 is 0 Å². The zero-order valence-corrected chi connectivity index (χ0v) is 10.7. The molecule has 3 rings (SSSR count). The smallest absolute Gasteiger partial charge is 0.165 e. The SMILES string of the molecule is O=C(c1ccc(-c2cccc(Cl)c2)cc1)C1CC1. The number of rotatable bonds is 3. The van der Waals surface area contributed by atoms with Crippen LogP contribution in [0.25, 0.3) is 11.1 Å². The van der Waals surface area contributed by atoms with Gasteiger partial charge in [0.05, 0.1) is 0 Å². The summed E-state index contributed by atoms with van der Waals surface area (Å²) in [6.07, 6.45) is 2.10. The number of carbonyl (C=O) groups excluding carboxylic acids is 1. The number of halogens is 1. The van der Waals surface area contributed by atoms with E-state index in [1.54, 1.807) is 0 Å². The van der Waals surface area contributed by atoms with Crippen LogP contribution in [-0.4, -0.2) is 5.78 Å². The van der Waals surface area contributed by atoms with Crippen LogP contribution >= 0.6 is 11.6 Å². The largest absolute Gasteiger partial charge is 0.294 e. The molecule has 0 saturated heterocycles. The highest BCUT2D eigenvalue weighted by atomic mass is 35.5. The van der Waals surface area contributed by atoms with Gasteiger partial charge in [0.25, 0.3) is 0 Å². The number of hydrogen-bond acceptors (Lipinski definition) is 1. The molecular formula is C16H13ClO. The minimum Gasteiger partial charge on any atom is -0.294 e. The molecule has 1 aliphatic rings. The predicted octanol–water partition coefficient (Wildman–Crippen LogP) is 4.60. The van der Waals surface area contributed by atoms with Gasteiger partial charge in [0.1, 0.15) is 0 Å². The van der Waals surface area contributed by atoms with Crippen LogP contribution in [0.5, 0.6) is 0 Å². The Hall–Kier alpha value is -1.60. The van der Waals surface area contributed by atoms with Gasteiger partial charge in [-0.1, -0.05) is 48.0 Å². The number of hydrogen-bond donors (Lipinski definition) is 0. The van der Waals surface area contributed by atoms with Gasteiger partial charge in [0.2, 0.25) is 0 Å². The monoisotopic (exact) mass is 256 g/mol. The van der Waals surface area contributed by atoms with Crippen LogP contribution in [-0.2, 0) is 0 Å². The number of benzene rings is 2. The topological polar surface area (TPSA) is 17.1 Å². The van der Waals surface area contributed by atoms with E-state index in [9.17, 15) is 4.79 Å². The van der Waals surface area contributed by atoms with Crippen LogP contribution < -0.4 is 0 Å². The maximum Gasteiger partial charge on any atom is 0.165 e. The minimum absolute atomic E-state index is 0.280. The van der Waals surface area contributed by atoms with Crippen molar-refractivity contribution in [1.82, 2.24) is 0 Å². The van der Waals surface area contributed by atoms with Crippen molar-refractivity contribution in [1.29, 1.82) is 0 Å². The van der Waals surface area contributed by atoms with Crippen LogP contribution in [0.15, 0.2) is 48.5 Å². The summed E-state index contributed by atoms with van der Waals surface area (Å²) in [5.74, 6) is 0.565. The van der Waals surface area contributed by atoms with E-state index in [1.807, 2.05) is 48.5 Å². The molecule has 0 aliphatic heterocycles. The fourth-order valence-electron chi connectivity index (χ4n) is 2.08. The van der Waals surface area contributed by atoms with Gasteiger partial charge in [0, 0.05) is 16.5 Å². The summed E-state index contributed by atoms with van der Waals surface area (Å²) >= 11 is 5.97. The lowest BCUT2D eigenvalue weighted by Gasteiger charge is -2.04. The minimum atomic E-state index is 0.280. The quantitative estimate of drug-likeness (QED) is 0.734. The molecule has 1 saturated carbocycles. The van der Waals surface area contributed by atoms with Gasteiger partial charge in [-0.3, -0.25) is 4.79 Å². The fourth-order valence-corrected chi connectivity index (χ4v) is 2.27. The van der Waals surface area contributed by atoms with Crippen molar-refractivity contribution in [3.63, 3.8) is 0 Å². The van der Waals surface area contributed by atoms with E-state index in [0.29, 0.717) is 0 Å². The first-order chi connectivity index (χ1) is 8.74. The van der Waals surface area contributed by atoms with Crippen molar-refractivity contribution in [2.24, 2.45) is 5.92 Å². The molecule has 18 heavy (non-hydrogen) atoms. The molecule has 0 N–H and O–H groups in total. The van der Waals surface area contributed by atoms with Crippen molar-refractivity contribution in [2.75, 3.05) is 0 Å². The van der Waals surface area contributed by atoms with E-state index in [2.05, 4.69) is 0 Å². The summed E-state index contributed by atoms with van der Waals surface area (Å²) in [5.41, 5.74) is 2.99. The molecule has 2 aromatic rings. The zero-order chi connectivity index (χ0) is 12.5. The first kappa shape index (κ1) is 11.5. The van der Waals surface area contributed by atoms with Crippen LogP contribution in [0, 0.1) is 5.92 Å². The van der Waals surface area contributed by atoms with Crippen molar-refractivity contribution >= 4 is 17.4 Å². The lowest BCUT2D eigenvalue weighted by atomic mass is 10.0. The fraction of sp³-hybridized carbons (Fsp3) is 0.188. The predicted molar refractivity (Wildman–Crippen MR) is 73.9 cm³/mol. The first-order valence-electron chi connectivity index (χ1n) is 6.14. The molecule has 0 atom stereocenters. The Kier molecular flexibility index (Phi) is 2.92. The summed E-state index contributed by atoms with van der Waals surface area (Å²) < 4.78 is 0. The number of carbonyl (C=O) groups is 1. The lowest BCUT2D eigenvalue weighted by Crippen LogP contribution is -2.00. The Morgan fingerprint density at radius 3 is 2.33 bits per heavy atom. The summed E-state index contributed by atoms with van der Waals surface area (Å²) in [7, 11) is 0. The van der Waals surface area contributed by atoms with Gasteiger partial charge in [-0.2, -0.15) is 0 Å². The van der Waals surface area contributed by atoms with Gasteiger partial charge < -0.3 is 0 Å². The molecule has 90 valence electrons.